The molecule has 56 heavy (non-hydrogen) atoms. The van der Waals surface area contributed by atoms with Crippen molar-refractivity contribution in [1.29, 1.82) is 0 Å². The van der Waals surface area contributed by atoms with Crippen LogP contribution in [0.1, 0.15) is 105 Å². The molecule has 0 aromatic carbocycles. The predicted molar refractivity (Wildman–Crippen MR) is 193 cm³/mol. The van der Waals surface area contributed by atoms with Crippen molar-refractivity contribution in [3.63, 3.8) is 0 Å². The second kappa shape index (κ2) is 16.9. The predicted octanol–water partition coefficient (Wildman–Crippen LogP) is 4.57. The number of amides is 1. The number of fused-ring (bicyclic) bond motifs is 7. The number of Topliss-reactive ketones (excluding diaryl/α,β-unsaturated/α-hetero) is 1. The van der Waals surface area contributed by atoms with Gasteiger partial charge in [0.15, 0.2) is 35.5 Å². The SMILES string of the molecule is CCCCCOC(=O)C(COC(=O)OCC(=O)[C@@]12OC(C)(C)O[C@@H]1C[C@H]1[C@@H]3CCC4=CC(=O)C=C[C@]4(C)[C@@]3(F)[C@@H](O)C[C@@]12C)NC(=O)CCCCCO[N+](=O)[O-]. The molecule has 1 saturated heterocycles. The molecule has 9 atom stereocenters. The lowest BCUT2D eigenvalue weighted by Crippen LogP contribution is -2.70. The first kappa shape index (κ1) is 43.2. The van der Waals surface area contributed by atoms with E-state index in [0.29, 0.717) is 44.1 Å². The number of aliphatic hydroxyl groups is 1. The zero-order valence-corrected chi connectivity index (χ0v) is 32.8. The van der Waals surface area contributed by atoms with Gasteiger partial charge < -0.3 is 38.9 Å². The maximum Gasteiger partial charge on any atom is 0.508 e. The van der Waals surface area contributed by atoms with Crippen LogP contribution in [-0.4, -0.2) is 102 Å². The van der Waals surface area contributed by atoms with Crippen LogP contribution < -0.4 is 5.32 Å². The van der Waals surface area contributed by atoms with Crippen molar-refractivity contribution in [1.82, 2.24) is 5.32 Å². The third-order valence-electron chi connectivity index (χ3n) is 12.6. The van der Waals surface area contributed by atoms with Crippen molar-refractivity contribution in [3.8, 4) is 0 Å². The number of ketones is 2. The molecule has 0 aromatic heterocycles. The number of ether oxygens (including phenoxy) is 5. The number of halogens is 1. The Labute approximate surface area is 325 Å². The number of carbonyl (C=O) groups excluding carboxylic acids is 5. The third kappa shape index (κ3) is 8.08. The van der Waals surface area contributed by atoms with Crippen LogP contribution in [0.2, 0.25) is 0 Å². The minimum Gasteiger partial charge on any atom is -0.464 e. The summed E-state index contributed by atoms with van der Waals surface area (Å²) >= 11 is 0. The standard InChI is InChI=1S/C39H55FN2O14/c1-6-7-10-17-51-33(47)28(41-32(46)12-9-8-11-18-54-42(49)50)22-52-34(48)53-23-30(45)39-31(55-35(2,3)56-39)20-27-26-14-13-24-19-25(43)15-16-36(24,4)38(26,40)29(44)21-37(27,39)5/h15-16,19,26-29,31,44H,6-14,17-18,20-23H2,1-5H3,(H,41,46)/t26-,27-,28?,29-,31+,36-,37-,38-,39+/m0/s1. The molecule has 3 saturated carbocycles. The number of aliphatic hydroxyl groups excluding tert-OH is 1. The minimum absolute atomic E-state index is 0.0228. The van der Waals surface area contributed by atoms with Gasteiger partial charge in [0.1, 0.15) is 6.61 Å². The molecule has 4 fully saturated rings. The Morgan fingerprint density at radius 3 is 2.50 bits per heavy atom. The van der Waals surface area contributed by atoms with Crippen LogP contribution in [0.5, 0.6) is 0 Å². The Bertz CT molecular complexity index is 1620. The molecule has 0 spiro atoms. The number of hydrogen-bond acceptors (Lipinski definition) is 14. The fraction of sp³-hybridized carbons (Fsp3) is 0.769. The molecule has 1 unspecified atom stereocenters. The molecule has 5 aliphatic rings. The van der Waals surface area contributed by atoms with Crippen molar-refractivity contribution >= 4 is 29.6 Å². The van der Waals surface area contributed by atoms with Crippen molar-refractivity contribution in [2.75, 3.05) is 26.4 Å². The second-order valence-corrected chi connectivity index (χ2v) is 16.5. The molecule has 5 rings (SSSR count). The van der Waals surface area contributed by atoms with Crippen LogP contribution in [0.15, 0.2) is 23.8 Å². The second-order valence-electron chi connectivity index (χ2n) is 16.5. The lowest BCUT2D eigenvalue weighted by Gasteiger charge is -2.62. The molecule has 0 radical (unpaired) electrons. The smallest absolute Gasteiger partial charge is 0.464 e. The molecule has 1 aliphatic heterocycles. The number of esters is 1. The lowest BCUT2D eigenvalue weighted by molar-refractivity contribution is -0.757. The van der Waals surface area contributed by atoms with E-state index in [4.69, 9.17) is 23.7 Å². The summed E-state index contributed by atoms with van der Waals surface area (Å²) in [5, 5.41) is 23.7. The first-order chi connectivity index (χ1) is 26.3. The molecule has 0 bridgehead atoms. The number of rotatable bonds is 18. The summed E-state index contributed by atoms with van der Waals surface area (Å²) in [5.74, 6) is -4.72. The van der Waals surface area contributed by atoms with Gasteiger partial charge >= 0.3 is 12.1 Å². The maximum atomic E-state index is 17.7. The van der Waals surface area contributed by atoms with E-state index in [1.807, 2.05) is 6.92 Å². The summed E-state index contributed by atoms with van der Waals surface area (Å²) < 4.78 is 46.2. The van der Waals surface area contributed by atoms with E-state index in [1.165, 1.54) is 12.2 Å². The summed E-state index contributed by atoms with van der Waals surface area (Å²) in [6, 6.07) is -1.38. The Morgan fingerprint density at radius 1 is 1.05 bits per heavy atom. The highest BCUT2D eigenvalue weighted by Crippen LogP contribution is 2.72. The number of allylic oxidation sites excluding steroid dienone is 4. The summed E-state index contributed by atoms with van der Waals surface area (Å²) in [6.45, 7) is 7.25. The van der Waals surface area contributed by atoms with E-state index in [9.17, 15) is 39.2 Å². The summed E-state index contributed by atoms with van der Waals surface area (Å²) in [6.07, 6.45) is 4.87. The van der Waals surface area contributed by atoms with Gasteiger partial charge in [0.25, 0.3) is 5.09 Å². The first-order valence-electron chi connectivity index (χ1n) is 19.6. The summed E-state index contributed by atoms with van der Waals surface area (Å²) in [4.78, 5) is 79.6. The van der Waals surface area contributed by atoms with Crippen molar-refractivity contribution in [2.45, 2.75) is 141 Å². The molecule has 16 nitrogen and oxygen atoms in total. The molecule has 2 N–H and O–H groups in total. The normalized spacial score (nSPS) is 34.1. The number of carbonyl (C=O) groups is 5. The number of alkyl halides is 1. The van der Waals surface area contributed by atoms with Gasteiger partial charge in [0.2, 0.25) is 11.7 Å². The molecule has 17 heteroatoms. The van der Waals surface area contributed by atoms with Gasteiger partial charge in [-0.3, -0.25) is 14.4 Å². The number of hydrogen-bond donors (Lipinski definition) is 2. The Kier molecular flexibility index (Phi) is 13.0. The van der Waals surface area contributed by atoms with E-state index >= 15 is 4.39 Å². The summed E-state index contributed by atoms with van der Waals surface area (Å²) in [7, 11) is 0. The van der Waals surface area contributed by atoms with E-state index in [1.54, 1.807) is 33.8 Å². The zero-order valence-electron chi connectivity index (χ0n) is 32.8. The summed E-state index contributed by atoms with van der Waals surface area (Å²) in [5.41, 5.74) is -5.64. The molecular formula is C39H55FN2O14. The number of nitrogens with zero attached hydrogens (tertiary/aromatic N) is 1. The van der Waals surface area contributed by atoms with Gasteiger partial charge in [-0.15, -0.1) is 10.1 Å². The van der Waals surface area contributed by atoms with E-state index < -0.39 is 100 Å². The van der Waals surface area contributed by atoms with Crippen LogP contribution in [-0.2, 0) is 47.7 Å². The van der Waals surface area contributed by atoms with E-state index in [-0.39, 0.29) is 38.3 Å². The van der Waals surface area contributed by atoms with Crippen LogP contribution in [0.4, 0.5) is 9.18 Å². The van der Waals surface area contributed by atoms with Gasteiger partial charge in [0, 0.05) is 23.2 Å². The van der Waals surface area contributed by atoms with Gasteiger partial charge in [0.05, 0.1) is 25.4 Å². The molecule has 1 heterocycles. The highest BCUT2D eigenvalue weighted by atomic mass is 19.1. The van der Waals surface area contributed by atoms with Crippen LogP contribution in [0.3, 0.4) is 0 Å². The van der Waals surface area contributed by atoms with Crippen molar-refractivity contribution in [2.24, 2.45) is 22.7 Å². The third-order valence-corrected chi connectivity index (χ3v) is 12.6. The Hall–Kier alpha value is -3.96. The fourth-order valence-electron chi connectivity index (χ4n) is 10.00. The van der Waals surface area contributed by atoms with E-state index in [0.717, 1.165) is 12.8 Å². The molecule has 1 amide bonds. The molecule has 312 valence electrons. The quantitative estimate of drug-likeness (QED) is 0.0842. The lowest BCUT2D eigenvalue weighted by atomic mass is 9.44. The molecule has 4 aliphatic carbocycles. The van der Waals surface area contributed by atoms with Crippen molar-refractivity contribution < 1.29 is 67.1 Å². The number of nitrogens with one attached hydrogen (secondary N) is 1. The fourth-order valence-corrected chi connectivity index (χ4v) is 10.00. The Morgan fingerprint density at radius 2 is 1.79 bits per heavy atom. The largest absolute Gasteiger partial charge is 0.508 e. The highest BCUT2D eigenvalue weighted by molar-refractivity contribution is 6.01. The minimum atomic E-state index is -2.14. The Balaban J connectivity index is 1.25. The van der Waals surface area contributed by atoms with Gasteiger partial charge in [-0.1, -0.05) is 44.8 Å². The van der Waals surface area contributed by atoms with Crippen LogP contribution >= 0.6 is 0 Å². The van der Waals surface area contributed by atoms with Crippen LogP contribution in [0.25, 0.3) is 0 Å². The average molecular weight is 795 g/mol. The van der Waals surface area contributed by atoms with Gasteiger partial charge in [-0.05, 0) is 83.8 Å². The van der Waals surface area contributed by atoms with Crippen molar-refractivity contribution in [3.05, 3.63) is 33.9 Å². The first-order valence-corrected chi connectivity index (χ1v) is 19.6. The van der Waals surface area contributed by atoms with E-state index in [2.05, 4.69) is 10.2 Å². The number of unbranched alkanes of at least 4 members (excludes halogenated alkanes) is 4. The van der Waals surface area contributed by atoms with Crippen LogP contribution in [0, 0.1) is 32.8 Å². The average Bonchev–Trinajstić information content (AvgIpc) is 3.54. The zero-order chi connectivity index (χ0) is 41.1. The molecular weight excluding hydrogens is 739 g/mol. The van der Waals surface area contributed by atoms with Gasteiger partial charge in [-0.2, -0.15) is 0 Å². The maximum absolute atomic E-state index is 17.7. The van der Waals surface area contributed by atoms with Gasteiger partial charge in [-0.25, -0.2) is 14.0 Å². The highest BCUT2D eigenvalue weighted by Gasteiger charge is 2.80. The topological polar surface area (TPSA) is 216 Å². The monoisotopic (exact) mass is 794 g/mol. The molecule has 0 aromatic rings.